The number of nitrogens with zero attached hydrogens (tertiary/aromatic N) is 4. The smallest absolute Gasteiger partial charge is 0.435 e. The van der Waals surface area contributed by atoms with Crippen LogP contribution in [0.15, 0.2) is 51.9 Å². The molecule has 1 aromatic carbocycles. The molecule has 164 valence electrons. The van der Waals surface area contributed by atoms with Crippen molar-refractivity contribution in [3.63, 3.8) is 0 Å². The van der Waals surface area contributed by atoms with E-state index in [-0.39, 0.29) is 12.6 Å². The van der Waals surface area contributed by atoms with Crippen LogP contribution in [-0.2, 0) is 6.18 Å². The number of rotatable bonds is 3. The topological polar surface area (TPSA) is 52.3 Å². The summed E-state index contributed by atoms with van der Waals surface area (Å²) in [5, 5.41) is 0.680. The van der Waals surface area contributed by atoms with E-state index < -0.39 is 18.0 Å². The number of amides is 2. The van der Waals surface area contributed by atoms with Gasteiger partial charge in [-0.05, 0) is 42.7 Å². The minimum Gasteiger partial charge on any atom is -0.435 e. The molecule has 2 aromatic rings. The van der Waals surface area contributed by atoms with Crippen LogP contribution in [0, 0.1) is 0 Å². The van der Waals surface area contributed by atoms with Crippen molar-refractivity contribution >= 4 is 35.0 Å². The van der Waals surface area contributed by atoms with Crippen LogP contribution < -0.4 is 4.90 Å². The molecule has 0 N–H and O–H groups in total. The molecule has 0 bridgehead atoms. The van der Waals surface area contributed by atoms with E-state index >= 15 is 0 Å². The standard InChI is InChI=1S/C21H20ClF3N4O2/c1-2-28-19(27-11-9-15(10-12-27)14-3-5-16(22)6-4-14)26-13-29(20(28)30)18-8-7-17(31-18)21(23,24)25/h3-9H,2,10-13H2,1H3. The van der Waals surface area contributed by atoms with Gasteiger partial charge in [0.2, 0.25) is 17.6 Å². The van der Waals surface area contributed by atoms with Gasteiger partial charge in [0.1, 0.15) is 6.67 Å². The number of halogens is 4. The summed E-state index contributed by atoms with van der Waals surface area (Å²) in [5.41, 5.74) is 2.29. The molecule has 0 saturated carbocycles. The van der Waals surface area contributed by atoms with Gasteiger partial charge >= 0.3 is 12.2 Å². The Morgan fingerprint density at radius 2 is 1.90 bits per heavy atom. The van der Waals surface area contributed by atoms with Crippen LogP contribution in [-0.4, -0.2) is 48.1 Å². The third-order valence-electron chi connectivity index (χ3n) is 5.22. The van der Waals surface area contributed by atoms with E-state index in [2.05, 4.69) is 11.1 Å². The summed E-state index contributed by atoms with van der Waals surface area (Å²) in [6.07, 6.45) is -1.76. The van der Waals surface area contributed by atoms with Gasteiger partial charge in [0.15, 0.2) is 0 Å². The molecular weight excluding hydrogens is 433 g/mol. The highest BCUT2D eigenvalue weighted by Crippen LogP contribution is 2.34. The molecule has 0 atom stereocenters. The average molecular weight is 453 g/mol. The van der Waals surface area contributed by atoms with Crippen molar-refractivity contribution in [3.05, 3.63) is 58.8 Å². The largest absolute Gasteiger partial charge is 0.449 e. The monoisotopic (exact) mass is 452 g/mol. The van der Waals surface area contributed by atoms with Gasteiger partial charge in [-0.2, -0.15) is 13.2 Å². The van der Waals surface area contributed by atoms with Gasteiger partial charge in [0, 0.05) is 30.7 Å². The van der Waals surface area contributed by atoms with Crippen molar-refractivity contribution in [2.24, 2.45) is 4.99 Å². The summed E-state index contributed by atoms with van der Waals surface area (Å²) in [4.78, 5) is 22.0. The molecule has 2 amide bonds. The maximum absolute atomic E-state index is 13.0. The summed E-state index contributed by atoms with van der Waals surface area (Å²) >= 11 is 5.95. The Bertz CT molecular complexity index is 1030. The molecule has 0 radical (unpaired) electrons. The number of benzene rings is 1. The summed E-state index contributed by atoms with van der Waals surface area (Å²) in [6, 6.07) is 9.12. The van der Waals surface area contributed by atoms with E-state index in [9.17, 15) is 18.0 Å². The fourth-order valence-electron chi connectivity index (χ4n) is 3.62. The second-order valence-corrected chi connectivity index (χ2v) is 7.56. The lowest BCUT2D eigenvalue weighted by Crippen LogP contribution is -2.56. The van der Waals surface area contributed by atoms with Crippen molar-refractivity contribution in [1.82, 2.24) is 9.80 Å². The summed E-state index contributed by atoms with van der Waals surface area (Å²) < 4.78 is 43.4. The molecule has 10 heteroatoms. The van der Waals surface area contributed by atoms with Crippen LogP contribution in [0.3, 0.4) is 0 Å². The number of alkyl halides is 3. The molecule has 3 heterocycles. The van der Waals surface area contributed by atoms with Crippen molar-refractivity contribution in [2.75, 3.05) is 31.2 Å². The van der Waals surface area contributed by atoms with Crippen LogP contribution in [0.1, 0.15) is 24.7 Å². The molecule has 6 nitrogen and oxygen atoms in total. The molecule has 0 unspecified atom stereocenters. The summed E-state index contributed by atoms with van der Waals surface area (Å²) in [5.74, 6) is -0.816. The number of guanidine groups is 1. The number of hydrogen-bond acceptors (Lipinski definition) is 4. The van der Waals surface area contributed by atoms with Crippen LogP contribution >= 0.6 is 11.6 Å². The van der Waals surface area contributed by atoms with Gasteiger partial charge in [-0.15, -0.1) is 0 Å². The van der Waals surface area contributed by atoms with Crippen molar-refractivity contribution in [2.45, 2.75) is 19.5 Å². The second-order valence-electron chi connectivity index (χ2n) is 7.12. The molecule has 0 spiro atoms. The lowest BCUT2D eigenvalue weighted by atomic mass is 10.00. The Labute approximate surface area is 182 Å². The number of furan rings is 1. The molecule has 2 aliphatic rings. The number of hydrogen-bond donors (Lipinski definition) is 0. The quantitative estimate of drug-likeness (QED) is 0.633. The van der Waals surface area contributed by atoms with Gasteiger partial charge in [0.25, 0.3) is 0 Å². The Morgan fingerprint density at radius 3 is 2.48 bits per heavy atom. The number of urea groups is 1. The SMILES string of the molecule is CCN1C(=O)N(c2ccc(C(F)(F)F)o2)CN=C1N1CC=C(c2ccc(Cl)cc2)CC1. The molecule has 2 aliphatic heterocycles. The first-order valence-corrected chi connectivity index (χ1v) is 10.2. The second kappa shape index (κ2) is 8.30. The summed E-state index contributed by atoms with van der Waals surface area (Å²) in [7, 11) is 0. The zero-order valence-electron chi connectivity index (χ0n) is 16.7. The normalized spacial score (nSPS) is 17.7. The average Bonchev–Trinajstić information content (AvgIpc) is 3.25. The Hall–Kier alpha value is -2.94. The van der Waals surface area contributed by atoms with Gasteiger partial charge in [-0.3, -0.25) is 4.90 Å². The Balaban J connectivity index is 1.51. The molecule has 0 saturated heterocycles. The highest BCUT2D eigenvalue weighted by molar-refractivity contribution is 6.30. The van der Waals surface area contributed by atoms with Crippen LogP contribution in [0.5, 0.6) is 0 Å². The van der Waals surface area contributed by atoms with E-state index in [1.54, 1.807) is 6.92 Å². The number of anilines is 1. The fourth-order valence-corrected chi connectivity index (χ4v) is 3.75. The first kappa shape index (κ1) is 21.3. The fraction of sp³-hybridized carbons (Fsp3) is 0.333. The maximum atomic E-state index is 13.0. The lowest BCUT2D eigenvalue weighted by molar-refractivity contribution is -0.152. The first-order valence-electron chi connectivity index (χ1n) is 9.78. The number of carbonyl (C=O) groups is 1. The Kier molecular flexibility index (Phi) is 5.70. The predicted molar refractivity (Wildman–Crippen MR) is 112 cm³/mol. The highest BCUT2D eigenvalue weighted by atomic mass is 35.5. The zero-order chi connectivity index (χ0) is 22.2. The van der Waals surface area contributed by atoms with E-state index in [0.717, 1.165) is 29.0 Å². The summed E-state index contributed by atoms with van der Waals surface area (Å²) in [6.45, 7) is 3.24. The molecule has 0 aliphatic carbocycles. The molecule has 31 heavy (non-hydrogen) atoms. The molecule has 1 aromatic heterocycles. The number of aliphatic imine (C=N–C) groups is 1. The van der Waals surface area contributed by atoms with Gasteiger partial charge in [-0.1, -0.05) is 29.8 Å². The van der Waals surface area contributed by atoms with Crippen LogP contribution in [0.2, 0.25) is 5.02 Å². The minimum atomic E-state index is -4.61. The van der Waals surface area contributed by atoms with Gasteiger partial charge in [-0.25, -0.2) is 14.7 Å². The van der Waals surface area contributed by atoms with Crippen LogP contribution in [0.4, 0.5) is 23.8 Å². The predicted octanol–water partition coefficient (Wildman–Crippen LogP) is 5.32. The molecular formula is C21H20ClF3N4O2. The minimum absolute atomic E-state index is 0.111. The molecule has 0 fully saturated rings. The maximum Gasteiger partial charge on any atom is 0.449 e. The third-order valence-corrected chi connectivity index (χ3v) is 5.47. The first-order chi connectivity index (χ1) is 14.8. The van der Waals surface area contributed by atoms with Crippen molar-refractivity contribution in [1.29, 1.82) is 0 Å². The van der Waals surface area contributed by atoms with E-state index in [1.807, 2.05) is 29.2 Å². The van der Waals surface area contributed by atoms with E-state index in [4.69, 9.17) is 16.0 Å². The van der Waals surface area contributed by atoms with Gasteiger partial charge < -0.3 is 9.32 Å². The Morgan fingerprint density at radius 1 is 1.16 bits per heavy atom. The highest BCUT2D eigenvalue weighted by Gasteiger charge is 2.38. The lowest BCUT2D eigenvalue weighted by Gasteiger charge is -2.39. The van der Waals surface area contributed by atoms with E-state index in [1.165, 1.54) is 10.5 Å². The van der Waals surface area contributed by atoms with Crippen molar-refractivity contribution in [3.8, 4) is 0 Å². The zero-order valence-corrected chi connectivity index (χ0v) is 17.5. The molecule has 4 rings (SSSR count). The van der Waals surface area contributed by atoms with E-state index in [0.29, 0.717) is 30.6 Å². The third kappa shape index (κ3) is 4.27. The van der Waals surface area contributed by atoms with Gasteiger partial charge in [0.05, 0.1) is 0 Å². The van der Waals surface area contributed by atoms with Crippen LogP contribution in [0.25, 0.3) is 5.57 Å². The number of carbonyl (C=O) groups excluding carboxylic acids is 1. The van der Waals surface area contributed by atoms with Crippen molar-refractivity contribution < 1.29 is 22.4 Å².